The highest BCUT2D eigenvalue weighted by molar-refractivity contribution is 8.00. The summed E-state index contributed by atoms with van der Waals surface area (Å²) in [7, 11) is 0. The van der Waals surface area contributed by atoms with E-state index in [-0.39, 0.29) is 0 Å². The van der Waals surface area contributed by atoms with Crippen molar-refractivity contribution >= 4 is 29.1 Å². The Morgan fingerprint density at radius 3 is 2.83 bits per heavy atom. The van der Waals surface area contributed by atoms with Crippen LogP contribution in [0.4, 0.5) is 5.69 Å². The SMILES string of the molecule is CC1(C)CCN(c2ccc(C#N)c(Cl)c2)CCS1. The number of nitrogens with zero attached hydrogens (tertiary/aromatic N) is 2. The van der Waals surface area contributed by atoms with E-state index in [2.05, 4.69) is 24.8 Å². The number of hydrogen-bond acceptors (Lipinski definition) is 3. The van der Waals surface area contributed by atoms with Crippen molar-refractivity contribution in [1.29, 1.82) is 5.26 Å². The minimum Gasteiger partial charge on any atom is -0.371 e. The molecule has 0 amide bonds. The van der Waals surface area contributed by atoms with Crippen LogP contribution in [0, 0.1) is 11.3 Å². The number of rotatable bonds is 1. The molecular formula is C14H17ClN2S. The number of hydrogen-bond donors (Lipinski definition) is 0. The number of halogens is 1. The maximum absolute atomic E-state index is 8.88. The molecule has 1 aliphatic rings. The van der Waals surface area contributed by atoms with E-state index in [0.29, 0.717) is 15.3 Å². The van der Waals surface area contributed by atoms with Crippen LogP contribution in [0.15, 0.2) is 18.2 Å². The molecule has 1 heterocycles. The molecule has 0 atom stereocenters. The van der Waals surface area contributed by atoms with Gasteiger partial charge in [-0.15, -0.1) is 0 Å². The summed E-state index contributed by atoms with van der Waals surface area (Å²) in [6.45, 7) is 6.68. The molecule has 0 aliphatic carbocycles. The van der Waals surface area contributed by atoms with E-state index in [1.54, 1.807) is 6.07 Å². The van der Waals surface area contributed by atoms with Gasteiger partial charge >= 0.3 is 0 Å². The number of thioether (sulfide) groups is 1. The molecule has 0 bridgehead atoms. The molecule has 0 spiro atoms. The summed E-state index contributed by atoms with van der Waals surface area (Å²) in [5.41, 5.74) is 1.67. The number of anilines is 1. The molecule has 2 nitrogen and oxygen atoms in total. The van der Waals surface area contributed by atoms with E-state index in [1.807, 2.05) is 23.9 Å². The lowest BCUT2D eigenvalue weighted by Crippen LogP contribution is -2.26. The van der Waals surface area contributed by atoms with Crippen LogP contribution in [0.25, 0.3) is 0 Å². The molecule has 2 rings (SSSR count). The zero-order chi connectivity index (χ0) is 13.2. The third-order valence-corrected chi connectivity index (χ3v) is 4.96. The van der Waals surface area contributed by atoms with Crippen LogP contribution in [-0.4, -0.2) is 23.6 Å². The van der Waals surface area contributed by atoms with Crippen molar-refractivity contribution in [3.8, 4) is 6.07 Å². The fourth-order valence-electron chi connectivity index (χ4n) is 2.07. The standard InChI is InChI=1S/C14H17ClN2S/c1-14(2)5-6-17(7-8-18-14)12-4-3-11(10-16)13(15)9-12/h3-4,9H,5-8H2,1-2H3. The lowest BCUT2D eigenvalue weighted by molar-refractivity contribution is 0.638. The first-order chi connectivity index (χ1) is 8.52. The fourth-order valence-corrected chi connectivity index (χ4v) is 3.39. The maximum Gasteiger partial charge on any atom is 0.101 e. The van der Waals surface area contributed by atoms with Crippen molar-refractivity contribution in [3.63, 3.8) is 0 Å². The Labute approximate surface area is 118 Å². The minimum absolute atomic E-state index is 0.352. The Morgan fingerprint density at radius 1 is 1.39 bits per heavy atom. The van der Waals surface area contributed by atoms with Gasteiger partial charge in [0.1, 0.15) is 6.07 Å². The predicted octanol–water partition coefficient (Wildman–Crippen LogP) is 3.93. The lowest BCUT2D eigenvalue weighted by Gasteiger charge is -2.24. The smallest absolute Gasteiger partial charge is 0.101 e. The summed E-state index contributed by atoms with van der Waals surface area (Å²) < 4.78 is 0.352. The van der Waals surface area contributed by atoms with Crippen molar-refractivity contribution in [2.24, 2.45) is 0 Å². The van der Waals surface area contributed by atoms with Gasteiger partial charge in [-0.1, -0.05) is 25.4 Å². The summed E-state index contributed by atoms with van der Waals surface area (Å²) in [5, 5.41) is 9.43. The van der Waals surface area contributed by atoms with Gasteiger partial charge in [0.2, 0.25) is 0 Å². The van der Waals surface area contributed by atoms with E-state index in [4.69, 9.17) is 16.9 Å². The van der Waals surface area contributed by atoms with Crippen molar-refractivity contribution < 1.29 is 0 Å². The highest BCUT2D eigenvalue weighted by Gasteiger charge is 2.23. The van der Waals surface area contributed by atoms with E-state index < -0.39 is 0 Å². The van der Waals surface area contributed by atoms with Gasteiger partial charge in [-0.05, 0) is 24.6 Å². The Balaban J connectivity index is 2.17. The molecule has 96 valence electrons. The second-order valence-electron chi connectivity index (χ2n) is 5.12. The number of nitriles is 1. The van der Waals surface area contributed by atoms with Crippen LogP contribution in [0.3, 0.4) is 0 Å². The molecular weight excluding hydrogens is 264 g/mol. The molecule has 0 unspecified atom stereocenters. The molecule has 0 N–H and O–H groups in total. The van der Waals surface area contributed by atoms with Crippen molar-refractivity contribution in [3.05, 3.63) is 28.8 Å². The van der Waals surface area contributed by atoms with E-state index in [0.717, 1.165) is 31.0 Å². The quantitative estimate of drug-likeness (QED) is 0.780. The Hall–Kier alpha value is -0.850. The predicted molar refractivity (Wildman–Crippen MR) is 79.5 cm³/mol. The largest absolute Gasteiger partial charge is 0.371 e. The lowest BCUT2D eigenvalue weighted by atomic mass is 10.1. The maximum atomic E-state index is 8.88. The molecule has 0 radical (unpaired) electrons. The van der Waals surface area contributed by atoms with E-state index >= 15 is 0 Å². The zero-order valence-corrected chi connectivity index (χ0v) is 12.3. The molecule has 0 saturated carbocycles. The monoisotopic (exact) mass is 280 g/mol. The van der Waals surface area contributed by atoms with E-state index in [1.165, 1.54) is 0 Å². The van der Waals surface area contributed by atoms with Crippen molar-refractivity contribution in [2.45, 2.75) is 25.0 Å². The molecule has 1 aromatic carbocycles. The van der Waals surface area contributed by atoms with Crippen LogP contribution >= 0.6 is 23.4 Å². The first-order valence-corrected chi connectivity index (χ1v) is 7.47. The van der Waals surface area contributed by atoms with Crippen LogP contribution in [-0.2, 0) is 0 Å². The fraction of sp³-hybridized carbons (Fsp3) is 0.500. The first kappa shape index (κ1) is 13.6. The van der Waals surface area contributed by atoms with E-state index in [9.17, 15) is 0 Å². The summed E-state index contributed by atoms with van der Waals surface area (Å²) >= 11 is 8.12. The van der Waals surface area contributed by atoms with Gasteiger partial charge in [-0.25, -0.2) is 0 Å². The van der Waals surface area contributed by atoms with Gasteiger partial charge in [0, 0.05) is 29.3 Å². The summed E-state index contributed by atoms with van der Waals surface area (Å²) in [6.07, 6.45) is 1.16. The van der Waals surface area contributed by atoms with Crippen LogP contribution in [0.5, 0.6) is 0 Å². The van der Waals surface area contributed by atoms with Gasteiger partial charge in [0.05, 0.1) is 10.6 Å². The molecule has 1 aromatic rings. The third-order valence-electron chi connectivity index (χ3n) is 3.28. The minimum atomic E-state index is 0.352. The van der Waals surface area contributed by atoms with Crippen molar-refractivity contribution in [2.75, 3.05) is 23.7 Å². The molecule has 1 saturated heterocycles. The highest BCUT2D eigenvalue weighted by Crippen LogP contribution is 2.33. The van der Waals surface area contributed by atoms with Gasteiger partial charge in [-0.2, -0.15) is 17.0 Å². The highest BCUT2D eigenvalue weighted by atomic mass is 35.5. The average Bonchev–Trinajstić information content (AvgIpc) is 2.50. The molecule has 0 aromatic heterocycles. The Morgan fingerprint density at radius 2 is 2.17 bits per heavy atom. The normalized spacial score (nSPS) is 19.1. The third kappa shape index (κ3) is 3.13. The van der Waals surface area contributed by atoms with Gasteiger partial charge in [0.15, 0.2) is 0 Å². The zero-order valence-electron chi connectivity index (χ0n) is 10.7. The van der Waals surface area contributed by atoms with Gasteiger partial charge in [-0.3, -0.25) is 0 Å². The van der Waals surface area contributed by atoms with Gasteiger partial charge < -0.3 is 4.90 Å². The Kier molecular flexibility index (Phi) is 4.09. The summed E-state index contributed by atoms with van der Waals surface area (Å²) in [5.74, 6) is 1.13. The van der Waals surface area contributed by atoms with Crippen LogP contribution < -0.4 is 4.90 Å². The van der Waals surface area contributed by atoms with Gasteiger partial charge in [0.25, 0.3) is 0 Å². The second kappa shape index (κ2) is 5.42. The molecule has 4 heteroatoms. The topological polar surface area (TPSA) is 27.0 Å². The molecule has 1 fully saturated rings. The Bertz CT molecular complexity index is 479. The summed E-state index contributed by atoms with van der Waals surface area (Å²) in [4.78, 5) is 2.36. The first-order valence-electron chi connectivity index (χ1n) is 6.10. The number of benzene rings is 1. The van der Waals surface area contributed by atoms with Crippen LogP contribution in [0.2, 0.25) is 5.02 Å². The van der Waals surface area contributed by atoms with Crippen molar-refractivity contribution in [1.82, 2.24) is 0 Å². The molecule has 18 heavy (non-hydrogen) atoms. The average molecular weight is 281 g/mol. The molecule has 1 aliphatic heterocycles. The van der Waals surface area contributed by atoms with Crippen LogP contribution in [0.1, 0.15) is 25.8 Å². The summed E-state index contributed by atoms with van der Waals surface area (Å²) in [6, 6.07) is 7.80. The second-order valence-corrected chi connectivity index (χ2v) is 7.33.